The minimum atomic E-state index is -0.301. The van der Waals surface area contributed by atoms with Crippen LogP contribution in [0.3, 0.4) is 0 Å². The van der Waals surface area contributed by atoms with Crippen molar-refractivity contribution in [2.75, 3.05) is 12.4 Å². The topological polar surface area (TPSA) is 65.4 Å². The normalized spacial score (nSPS) is 14.9. The Bertz CT molecular complexity index is 1350. The molecule has 1 aliphatic heterocycles. The largest absolute Gasteiger partial charge is 0.497 e. The molecule has 0 saturated heterocycles. The molecular formula is C27H24FN3O3. The van der Waals surface area contributed by atoms with Gasteiger partial charge >= 0.3 is 0 Å². The number of carbonyl (C=O) groups is 1. The third-order valence-electron chi connectivity index (χ3n) is 6.00. The Labute approximate surface area is 196 Å². The van der Waals surface area contributed by atoms with E-state index >= 15 is 0 Å². The molecule has 172 valence electrons. The number of aromatic nitrogens is 2. The van der Waals surface area contributed by atoms with Crippen molar-refractivity contribution in [2.24, 2.45) is 0 Å². The zero-order valence-electron chi connectivity index (χ0n) is 18.9. The Morgan fingerprint density at radius 2 is 1.88 bits per heavy atom. The average molecular weight is 458 g/mol. The van der Waals surface area contributed by atoms with Crippen LogP contribution in [-0.4, -0.2) is 22.8 Å². The van der Waals surface area contributed by atoms with Crippen molar-refractivity contribution in [2.45, 2.75) is 25.9 Å². The summed E-state index contributed by atoms with van der Waals surface area (Å²) < 4.78 is 26.7. The number of aryl methyl sites for hydroxylation is 1. The minimum absolute atomic E-state index is 0.0907. The summed E-state index contributed by atoms with van der Waals surface area (Å²) in [7, 11) is 1.62. The van der Waals surface area contributed by atoms with E-state index in [1.807, 2.05) is 61.5 Å². The number of amides is 1. The number of carbonyl (C=O) groups excluding carboxylic acids is 1. The number of halogens is 1. The quantitative estimate of drug-likeness (QED) is 0.422. The Kier molecular flexibility index (Phi) is 5.76. The molecule has 1 N–H and O–H groups in total. The summed E-state index contributed by atoms with van der Waals surface area (Å²) in [6, 6.07) is 21.5. The first kappa shape index (κ1) is 21.7. The molecule has 6 nitrogen and oxygen atoms in total. The Balaban J connectivity index is 1.52. The fraction of sp³-hybridized carbons (Fsp3) is 0.185. The highest BCUT2D eigenvalue weighted by molar-refractivity contribution is 5.95. The van der Waals surface area contributed by atoms with Gasteiger partial charge in [0.2, 0.25) is 5.91 Å². The zero-order valence-corrected chi connectivity index (χ0v) is 18.9. The molecule has 1 aromatic heterocycles. The molecule has 0 saturated carbocycles. The molecule has 7 heteroatoms. The van der Waals surface area contributed by atoms with Crippen LogP contribution in [0.2, 0.25) is 0 Å². The van der Waals surface area contributed by atoms with Crippen LogP contribution in [-0.2, 0) is 11.4 Å². The predicted octanol–water partition coefficient (Wildman–Crippen LogP) is 5.38. The van der Waals surface area contributed by atoms with Crippen LogP contribution in [0.1, 0.15) is 34.7 Å². The van der Waals surface area contributed by atoms with Crippen molar-refractivity contribution < 1.29 is 18.7 Å². The van der Waals surface area contributed by atoms with E-state index in [4.69, 9.17) is 14.6 Å². The lowest BCUT2D eigenvalue weighted by Gasteiger charge is -2.26. The Morgan fingerprint density at radius 1 is 1.09 bits per heavy atom. The fourth-order valence-corrected chi connectivity index (χ4v) is 4.41. The van der Waals surface area contributed by atoms with Crippen LogP contribution >= 0.6 is 0 Å². The van der Waals surface area contributed by atoms with E-state index in [-0.39, 0.29) is 30.7 Å². The number of nitrogens with one attached hydrogen (secondary N) is 1. The van der Waals surface area contributed by atoms with Crippen molar-refractivity contribution in [3.8, 4) is 17.2 Å². The highest BCUT2D eigenvalue weighted by Crippen LogP contribution is 2.43. The van der Waals surface area contributed by atoms with Crippen molar-refractivity contribution in [3.05, 3.63) is 101 Å². The number of rotatable bonds is 6. The molecule has 5 rings (SSSR count). The van der Waals surface area contributed by atoms with Crippen LogP contribution in [0.4, 0.5) is 10.2 Å². The van der Waals surface area contributed by atoms with Crippen LogP contribution in [0, 0.1) is 12.7 Å². The number of benzene rings is 3. The lowest BCUT2D eigenvalue weighted by molar-refractivity contribution is -0.116. The number of hydrogen-bond donors (Lipinski definition) is 1. The molecule has 3 aromatic carbocycles. The molecule has 0 spiro atoms. The maximum Gasteiger partial charge on any atom is 0.226 e. The molecule has 0 bridgehead atoms. The molecule has 1 aliphatic rings. The third-order valence-corrected chi connectivity index (χ3v) is 6.00. The van der Waals surface area contributed by atoms with Gasteiger partial charge < -0.3 is 14.8 Å². The fourth-order valence-electron chi connectivity index (χ4n) is 4.41. The van der Waals surface area contributed by atoms with E-state index in [9.17, 15) is 9.18 Å². The molecule has 0 fully saturated rings. The molecule has 34 heavy (non-hydrogen) atoms. The van der Waals surface area contributed by atoms with Gasteiger partial charge in [0, 0.05) is 23.5 Å². The molecule has 1 amide bonds. The summed E-state index contributed by atoms with van der Waals surface area (Å²) in [5.41, 5.74) is 4.24. The molecule has 1 atom stereocenters. The van der Waals surface area contributed by atoms with Gasteiger partial charge in [0.05, 0.1) is 18.5 Å². The Hall–Kier alpha value is -4.13. The molecule has 0 radical (unpaired) electrons. The second-order valence-electron chi connectivity index (χ2n) is 8.22. The first-order chi connectivity index (χ1) is 16.5. The number of ether oxygens (including phenoxy) is 2. The second-order valence-corrected chi connectivity index (χ2v) is 8.22. The van der Waals surface area contributed by atoms with Gasteiger partial charge in [-0.2, -0.15) is 5.10 Å². The molecular weight excluding hydrogens is 433 g/mol. The van der Waals surface area contributed by atoms with Gasteiger partial charge in [0.25, 0.3) is 0 Å². The predicted molar refractivity (Wildman–Crippen MR) is 127 cm³/mol. The number of anilines is 1. The SMILES string of the molecule is COc1ccc(-n2nc(C)c3c2NC(=O)CC3c2ccccc2OCc2cccc(F)c2)cc1. The van der Waals surface area contributed by atoms with E-state index in [0.29, 0.717) is 11.6 Å². The summed E-state index contributed by atoms with van der Waals surface area (Å²) >= 11 is 0. The Morgan fingerprint density at radius 3 is 2.65 bits per heavy atom. The summed E-state index contributed by atoms with van der Waals surface area (Å²) in [4.78, 5) is 12.8. The molecule has 2 heterocycles. The van der Waals surface area contributed by atoms with E-state index in [1.165, 1.54) is 12.1 Å². The van der Waals surface area contributed by atoms with Gasteiger partial charge in [-0.1, -0.05) is 30.3 Å². The lowest BCUT2D eigenvalue weighted by Crippen LogP contribution is -2.25. The van der Waals surface area contributed by atoms with E-state index < -0.39 is 0 Å². The average Bonchev–Trinajstić information content (AvgIpc) is 3.18. The number of para-hydroxylation sites is 1. The van der Waals surface area contributed by atoms with Crippen LogP contribution in [0.15, 0.2) is 72.8 Å². The van der Waals surface area contributed by atoms with Gasteiger partial charge in [0.1, 0.15) is 29.7 Å². The van der Waals surface area contributed by atoms with Gasteiger partial charge in [-0.05, 0) is 55.0 Å². The highest BCUT2D eigenvalue weighted by Gasteiger charge is 2.34. The number of nitrogens with zero attached hydrogens (tertiary/aromatic N) is 2. The van der Waals surface area contributed by atoms with Crippen LogP contribution < -0.4 is 14.8 Å². The summed E-state index contributed by atoms with van der Waals surface area (Å²) in [6.45, 7) is 2.17. The highest BCUT2D eigenvalue weighted by atomic mass is 19.1. The lowest BCUT2D eigenvalue weighted by atomic mass is 9.85. The summed E-state index contributed by atoms with van der Waals surface area (Å²) in [5, 5.41) is 7.75. The van der Waals surface area contributed by atoms with Crippen LogP contribution in [0.5, 0.6) is 11.5 Å². The van der Waals surface area contributed by atoms with Gasteiger partial charge in [-0.3, -0.25) is 4.79 Å². The zero-order chi connectivity index (χ0) is 23.7. The first-order valence-corrected chi connectivity index (χ1v) is 11.0. The van der Waals surface area contributed by atoms with Crippen molar-refractivity contribution in [1.29, 1.82) is 0 Å². The van der Waals surface area contributed by atoms with Gasteiger partial charge in [-0.25, -0.2) is 9.07 Å². The van der Waals surface area contributed by atoms with E-state index in [1.54, 1.807) is 17.9 Å². The second kappa shape index (κ2) is 9.02. The molecule has 4 aromatic rings. The first-order valence-electron chi connectivity index (χ1n) is 11.0. The van der Waals surface area contributed by atoms with Crippen LogP contribution in [0.25, 0.3) is 5.69 Å². The van der Waals surface area contributed by atoms with E-state index in [0.717, 1.165) is 33.8 Å². The van der Waals surface area contributed by atoms with Gasteiger partial charge in [0.15, 0.2) is 0 Å². The maximum atomic E-state index is 13.6. The summed E-state index contributed by atoms with van der Waals surface area (Å²) in [5.74, 6) is 1.45. The number of fused-ring (bicyclic) bond motifs is 1. The van der Waals surface area contributed by atoms with Crippen molar-refractivity contribution in [3.63, 3.8) is 0 Å². The maximum absolute atomic E-state index is 13.6. The van der Waals surface area contributed by atoms with Gasteiger partial charge in [-0.15, -0.1) is 0 Å². The molecule has 0 aliphatic carbocycles. The number of hydrogen-bond acceptors (Lipinski definition) is 4. The van der Waals surface area contributed by atoms with E-state index in [2.05, 4.69) is 5.32 Å². The number of methoxy groups -OCH3 is 1. The summed E-state index contributed by atoms with van der Waals surface area (Å²) in [6.07, 6.45) is 0.280. The standard InChI is InChI=1S/C27H24FN3O3/c1-17-26-23(22-8-3-4-9-24(22)34-16-18-6-5-7-19(28)14-18)15-25(32)29-27(26)31(30-17)20-10-12-21(33-2)13-11-20/h3-14,23H,15-16H2,1-2H3,(H,29,32). The monoisotopic (exact) mass is 457 g/mol. The van der Waals surface area contributed by atoms with Crippen molar-refractivity contribution >= 4 is 11.7 Å². The molecule has 1 unspecified atom stereocenters. The van der Waals surface area contributed by atoms with Crippen molar-refractivity contribution in [1.82, 2.24) is 9.78 Å². The minimum Gasteiger partial charge on any atom is -0.497 e. The third kappa shape index (κ3) is 4.12. The smallest absolute Gasteiger partial charge is 0.226 e.